The maximum absolute atomic E-state index is 5.68. The molecule has 1 aromatic rings. The van der Waals surface area contributed by atoms with E-state index < -0.39 is 0 Å². The summed E-state index contributed by atoms with van der Waals surface area (Å²) in [5.41, 5.74) is 0.916. The van der Waals surface area contributed by atoms with Crippen LogP contribution in [0.2, 0.25) is 0 Å². The fourth-order valence-electron chi connectivity index (χ4n) is 1.98. The maximum Gasteiger partial charge on any atom is 0.195 e. The lowest BCUT2D eigenvalue weighted by Gasteiger charge is -2.13. The van der Waals surface area contributed by atoms with Crippen molar-refractivity contribution in [1.29, 1.82) is 0 Å². The largest absolute Gasteiger partial charge is 0.490 e. The lowest BCUT2D eigenvalue weighted by Crippen LogP contribution is -2.31. The first-order valence-electron chi connectivity index (χ1n) is 7.19. The van der Waals surface area contributed by atoms with E-state index in [0.29, 0.717) is 13.2 Å². The molecule has 1 heterocycles. The van der Waals surface area contributed by atoms with E-state index in [1.54, 1.807) is 14.2 Å². The van der Waals surface area contributed by atoms with Gasteiger partial charge in [-0.2, -0.15) is 0 Å². The van der Waals surface area contributed by atoms with Gasteiger partial charge in [-0.1, -0.05) is 0 Å². The number of aliphatic imine (C=N–C) groups is 1. The second-order valence-electron chi connectivity index (χ2n) is 4.68. The molecule has 2 rings (SSSR count). The van der Waals surface area contributed by atoms with Crippen LogP contribution in [0.3, 0.4) is 0 Å². The average molecular weight is 421 g/mol. The molecule has 0 spiro atoms. The van der Waals surface area contributed by atoms with Gasteiger partial charge < -0.3 is 24.8 Å². The number of hydrogen-bond donors (Lipinski definition) is 2. The van der Waals surface area contributed by atoms with Crippen molar-refractivity contribution >= 4 is 35.6 Å². The van der Waals surface area contributed by atoms with Gasteiger partial charge in [-0.15, -0.1) is 24.0 Å². The zero-order valence-electron chi connectivity index (χ0n) is 13.1. The van der Waals surface area contributed by atoms with Gasteiger partial charge in [0.1, 0.15) is 0 Å². The Kier molecular flexibility index (Phi) is 8.98. The summed E-state index contributed by atoms with van der Waals surface area (Å²) in [6, 6.07) is 5.80. The van der Waals surface area contributed by atoms with Crippen molar-refractivity contribution < 1.29 is 14.2 Å². The first-order chi connectivity index (χ1) is 10.3. The fraction of sp³-hybridized carbons (Fsp3) is 0.533. The quantitative estimate of drug-likeness (QED) is 0.331. The van der Waals surface area contributed by atoms with Gasteiger partial charge in [-0.25, -0.2) is 0 Å². The molecule has 7 heteroatoms. The highest BCUT2D eigenvalue weighted by Crippen LogP contribution is 2.32. The highest BCUT2D eigenvalue weighted by atomic mass is 127. The Bertz CT molecular complexity index is 483. The minimum Gasteiger partial charge on any atom is -0.490 e. The van der Waals surface area contributed by atoms with Crippen molar-refractivity contribution in [2.24, 2.45) is 4.99 Å². The molecule has 0 fully saturated rings. The maximum atomic E-state index is 5.68. The summed E-state index contributed by atoms with van der Waals surface area (Å²) >= 11 is 0. The molecule has 2 N–H and O–H groups in total. The molecule has 0 radical (unpaired) electrons. The number of ether oxygens (including phenoxy) is 3. The zero-order chi connectivity index (χ0) is 14.9. The van der Waals surface area contributed by atoms with E-state index in [0.717, 1.165) is 49.1 Å². The van der Waals surface area contributed by atoms with Gasteiger partial charge in [-0.3, -0.25) is 4.99 Å². The third-order valence-corrected chi connectivity index (χ3v) is 3.05. The number of hydrogen-bond acceptors (Lipinski definition) is 4. The molecule has 0 saturated carbocycles. The molecule has 1 aliphatic rings. The number of guanidine groups is 1. The monoisotopic (exact) mass is 421 g/mol. The Morgan fingerprint density at radius 2 is 2.05 bits per heavy atom. The number of nitrogens with one attached hydrogen (secondary N) is 2. The van der Waals surface area contributed by atoms with E-state index >= 15 is 0 Å². The molecule has 22 heavy (non-hydrogen) atoms. The highest BCUT2D eigenvalue weighted by molar-refractivity contribution is 14.0. The van der Waals surface area contributed by atoms with E-state index in [-0.39, 0.29) is 24.0 Å². The standard InChI is InChI=1S/C15H23N3O3.HI/c1-16-15(17-7-3-8-19-2)18-12-5-6-13-14(11-12)21-10-4-9-20-13;/h5-6,11H,3-4,7-10H2,1-2H3,(H2,16,17,18);1H. The zero-order valence-corrected chi connectivity index (χ0v) is 15.4. The van der Waals surface area contributed by atoms with E-state index in [1.165, 1.54) is 0 Å². The molecule has 0 bridgehead atoms. The van der Waals surface area contributed by atoms with Crippen molar-refractivity contribution in [1.82, 2.24) is 5.32 Å². The SMILES string of the molecule is CN=C(NCCCOC)Nc1ccc2c(c1)OCCCO2.I. The van der Waals surface area contributed by atoms with Gasteiger partial charge in [0.25, 0.3) is 0 Å². The molecular formula is C15H24IN3O3. The molecule has 0 amide bonds. The minimum absolute atomic E-state index is 0. The van der Waals surface area contributed by atoms with E-state index in [9.17, 15) is 0 Å². The Hall–Kier alpha value is -1.22. The second-order valence-corrected chi connectivity index (χ2v) is 4.68. The minimum atomic E-state index is 0. The van der Waals surface area contributed by atoms with Crippen LogP contribution >= 0.6 is 24.0 Å². The van der Waals surface area contributed by atoms with Crippen molar-refractivity contribution in [3.63, 3.8) is 0 Å². The Morgan fingerprint density at radius 1 is 1.27 bits per heavy atom. The topological polar surface area (TPSA) is 64.1 Å². The van der Waals surface area contributed by atoms with E-state index in [1.807, 2.05) is 18.2 Å². The first-order valence-corrected chi connectivity index (χ1v) is 7.19. The second kappa shape index (κ2) is 10.5. The third-order valence-electron chi connectivity index (χ3n) is 3.05. The fourth-order valence-corrected chi connectivity index (χ4v) is 1.98. The van der Waals surface area contributed by atoms with E-state index in [4.69, 9.17) is 14.2 Å². The predicted molar refractivity (Wildman–Crippen MR) is 98.9 cm³/mol. The lowest BCUT2D eigenvalue weighted by molar-refractivity contribution is 0.195. The Labute approximate surface area is 148 Å². The van der Waals surface area contributed by atoms with Crippen LogP contribution in [-0.2, 0) is 4.74 Å². The summed E-state index contributed by atoms with van der Waals surface area (Å²) in [5, 5.41) is 6.47. The van der Waals surface area contributed by atoms with Crippen molar-refractivity contribution in [2.75, 3.05) is 45.8 Å². The van der Waals surface area contributed by atoms with Crippen molar-refractivity contribution in [3.05, 3.63) is 18.2 Å². The molecule has 0 aromatic heterocycles. The number of rotatable bonds is 5. The van der Waals surface area contributed by atoms with E-state index in [2.05, 4.69) is 15.6 Å². The molecule has 1 aromatic carbocycles. The molecular weight excluding hydrogens is 397 g/mol. The molecule has 124 valence electrons. The van der Waals surface area contributed by atoms with Crippen LogP contribution in [0, 0.1) is 0 Å². The summed E-state index contributed by atoms with van der Waals surface area (Å²) in [6.45, 7) is 2.91. The van der Waals surface area contributed by atoms with Crippen LogP contribution in [-0.4, -0.2) is 46.5 Å². The molecule has 0 aliphatic carbocycles. The smallest absolute Gasteiger partial charge is 0.195 e. The normalized spacial score (nSPS) is 13.8. The summed E-state index contributed by atoms with van der Waals surface area (Å²) in [5.74, 6) is 2.29. The van der Waals surface area contributed by atoms with Crippen LogP contribution in [0.1, 0.15) is 12.8 Å². The van der Waals surface area contributed by atoms with Crippen LogP contribution < -0.4 is 20.1 Å². The number of methoxy groups -OCH3 is 1. The van der Waals surface area contributed by atoms with Gasteiger partial charge in [0.05, 0.1) is 13.2 Å². The van der Waals surface area contributed by atoms with Gasteiger partial charge in [0.15, 0.2) is 17.5 Å². The van der Waals surface area contributed by atoms with Crippen LogP contribution in [0.4, 0.5) is 5.69 Å². The lowest BCUT2D eigenvalue weighted by atomic mass is 10.3. The number of fused-ring (bicyclic) bond motifs is 1. The first kappa shape index (κ1) is 18.8. The summed E-state index contributed by atoms with van der Waals surface area (Å²) < 4.78 is 16.3. The average Bonchev–Trinajstić information content (AvgIpc) is 2.75. The molecule has 0 unspecified atom stereocenters. The number of nitrogens with zero attached hydrogens (tertiary/aromatic N) is 1. The van der Waals surface area contributed by atoms with Crippen LogP contribution in [0.15, 0.2) is 23.2 Å². The third kappa shape index (κ3) is 5.88. The molecule has 1 aliphatic heterocycles. The Balaban J connectivity index is 0.00000242. The van der Waals surface area contributed by atoms with Gasteiger partial charge in [0, 0.05) is 45.5 Å². The summed E-state index contributed by atoms with van der Waals surface area (Å²) in [4.78, 5) is 4.19. The predicted octanol–water partition coefficient (Wildman–Crippen LogP) is 2.49. The number of halogens is 1. The van der Waals surface area contributed by atoms with Crippen LogP contribution in [0.25, 0.3) is 0 Å². The molecule has 0 saturated heterocycles. The number of anilines is 1. The van der Waals surface area contributed by atoms with Gasteiger partial charge in [0.2, 0.25) is 0 Å². The Morgan fingerprint density at radius 3 is 2.77 bits per heavy atom. The summed E-state index contributed by atoms with van der Waals surface area (Å²) in [6.07, 6.45) is 1.83. The van der Waals surface area contributed by atoms with Gasteiger partial charge >= 0.3 is 0 Å². The summed E-state index contributed by atoms with van der Waals surface area (Å²) in [7, 11) is 3.44. The van der Waals surface area contributed by atoms with Crippen LogP contribution in [0.5, 0.6) is 11.5 Å². The molecule has 0 atom stereocenters. The molecule has 6 nitrogen and oxygen atoms in total. The highest BCUT2D eigenvalue weighted by Gasteiger charge is 2.11. The number of benzene rings is 1. The van der Waals surface area contributed by atoms with Crippen molar-refractivity contribution in [3.8, 4) is 11.5 Å². The van der Waals surface area contributed by atoms with Gasteiger partial charge in [-0.05, 0) is 18.6 Å². The van der Waals surface area contributed by atoms with Crippen molar-refractivity contribution in [2.45, 2.75) is 12.8 Å².